The summed E-state index contributed by atoms with van der Waals surface area (Å²) in [5.41, 5.74) is 0.932. The van der Waals surface area contributed by atoms with Crippen LogP contribution in [-0.2, 0) is 11.3 Å². The average Bonchev–Trinajstić information content (AvgIpc) is 3.16. The summed E-state index contributed by atoms with van der Waals surface area (Å²) in [7, 11) is 0. The number of alkyl halides is 1. The molecular weight excluding hydrogens is 375 g/mol. The molecule has 0 radical (unpaired) electrons. The van der Waals surface area contributed by atoms with E-state index in [-0.39, 0.29) is 10.8 Å². The molecule has 2 heterocycles. The summed E-state index contributed by atoms with van der Waals surface area (Å²) in [4.78, 5) is 4.08. The SMILES string of the molecule is Clc1ccc(C(Cn2ccnc2)OCC2CCSC2Cl)c(Cl)c1. The number of thioether (sulfide) groups is 1. The van der Waals surface area contributed by atoms with Gasteiger partial charge < -0.3 is 9.30 Å². The van der Waals surface area contributed by atoms with Crippen molar-refractivity contribution in [2.45, 2.75) is 23.8 Å². The number of aromatic nitrogens is 2. The number of benzene rings is 1. The van der Waals surface area contributed by atoms with Crippen LogP contribution in [0.4, 0.5) is 0 Å². The molecule has 1 aromatic carbocycles. The van der Waals surface area contributed by atoms with Crippen molar-refractivity contribution < 1.29 is 4.74 Å². The van der Waals surface area contributed by atoms with Crippen LogP contribution < -0.4 is 0 Å². The van der Waals surface area contributed by atoms with E-state index in [4.69, 9.17) is 39.5 Å². The molecule has 3 atom stereocenters. The van der Waals surface area contributed by atoms with Gasteiger partial charge in [-0.1, -0.05) is 29.3 Å². The molecule has 1 aromatic heterocycles. The molecule has 3 nitrogen and oxygen atoms in total. The van der Waals surface area contributed by atoms with Crippen LogP contribution in [0.5, 0.6) is 0 Å². The van der Waals surface area contributed by atoms with Crippen molar-refractivity contribution in [1.29, 1.82) is 0 Å². The molecule has 1 saturated heterocycles. The van der Waals surface area contributed by atoms with E-state index in [2.05, 4.69) is 4.98 Å². The lowest BCUT2D eigenvalue weighted by molar-refractivity contribution is 0.0208. The van der Waals surface area contributed by atoms with E-state index in [1.807, 2.05) is 22.9 Å². The van der Waals surface area contributed by atoms with Gasteiger partial charge in [-0.05, 0) is 24.3 Å². The van der Waals surface area contributed by atoms with Crippen molar-refractivity contribution in [1.82, 2.24) is 9.55 Å². The number of halogens is 3. The second kappa shape index (κ2) is 8.13. The van der Waals surface area contributed by atoms with Crippen LogP contribution >= 0.6 is 46.6 Å². The molecular formula is C16H17Cl3N2OS. The first-order valence-corrected chi connectivity index (χ1v) is 9.65. The monoisotopic (exact) mass is 390 g/mol. The number of hydrogen-bond acceptors (Lipinski definition) is 3. The lowest BCUT2D eigenvalue weighted by atomic mass is 10.1. The van der Waals surface area contributed by atoms with Gasteiger partial charge in [-0.25, -0.2) is 4.98 Å². The van der Waals surface area contributed by atoms with Crippen molar-refractivity contribution >= 4 is 46.6 Å². The summed E-state index contributed by atoms with van der Waals surface area (Å²) in [6.07, 6.45) is 6.36. The minimum absolute atomic E-state index is 0.129. The number of imidazole rings is 1. The number of ether oxygens (including phenoxy) is 1. The second-order valence-corrected chi connectivity index (χ2v) is 8.34. The predicted octanol–water partition coefficient (Wildman–Crippen LogP) is 5.27. The van der Waals surface area contributed by atoms with Crippen LogP contribution in [0.2, 0.25) is 10.0 Å². The molecule has 2 aromatic rings. The van der Waals surface area contributed by atoms with E-state index in [0.29, 0.717) is 29.1 Å². The van der Waals surface area contributed by atoms with Gasteiger partial charge in [-0.2, -0.15) is 0 Å². The van der Waals surface area contributed by atoms with Crippen LogP contribution in [0.15, 0.2) is 36.9 Å². The Morgan fingerprint density at radius 1 is 1.39 bits per heavy atom. The Kier molecular flexibility index (Phi) is 6.16. The molecule has 124 valence electrons. The summed E-state index contributed by atoms with van der Waals surface area (Å²) in [5, 5.41) is 1.24. The first-order chi connectivity index (χ1) is 11.1. The van der Waals surface area contributed by atoms with Crippen LogP contribution in [0, 0.1) is 5.92 Å². The summed E-state index contributed by atoms with van der Waals surface area (Å²) in [6, 6.07) is 5.51. The molecule has 1 aliphatic rings. The van der Waals surface area contributed by atoms with Gasteiger partial charge in [0.15, 0.2) is 0 Å². The second-order valence-electron chi connectivity index (χ2n) is 5.52. The van der Waals surface area contributed by atoms with Crippen molar-refractivity contribution in [3.63, 3.8) is 0 Å². The maximum absolute atomic E-state index is 6.37. The summed E-state index contributed by atoms with van der Waals surface area (Å²) in [5.74, 6) is 1.47. The quantitative estimate of drug-likeness (QED) is 0.628. The van der Waals surface area contributed by atoms with Crippen molar-refractivity contribution in [2.24, 2.45) is 5.92 Å². The molecule has 0 aliphatic carbocycles. The zero-order valence-electron chi connectivity index (χ0n) is 12.4. The Hall–Kier alpha value is -0.390. The average molecular weight is 392 g/mol. The first-order valence-electron chi connectivity index (χ1n) is 7.41. The number of nitrogens with zero attached hydrogens (tertiary/aromatic N) is 2. The zero-order valence-corrected chi connectivity index (χ0v) is 15.5. The van der Waals surface area contributed by atoms with Gasteiger partial charge in [0.05, 0.1) is 24.2 Å². The van der Waals surface area contributed by atoms with Crippen molar-refractivity contribution in [3.05, 3.63) is 52.5 Å². The van der Waals surface area contributed by atoms with Gasteiger partial charge >= 0.3 is 0 Å². The van der Waals surface area contributed by atoms with Crippen LogP contribution in [0.25, 0.3) is 0 Å². The van der Waals surface area contributed by atoms with E-state index in [1.165, 1.54) is 0 Å². The highest BCUT2D eigenvalue weighted by Crippen LogP contribution is 2.37. The van der Waals surface area contributed by atoms with E-state index >= 15 is 0 Å². The maximum Gasteiger partial charge on any atom is 0.102 e. The number of rotatable bonds is 6. The molecule has 0 bridgehead atoms. The highest BCUT2D eigenvalue weighted by molar-refractivity contribution is 8.01. The topological polar surface area (TPSA) is 27.1 Å². The third-order valence-electron chi connectivity index (χ3n) is 3.89. The molecule has 7 heteroatoms. The van der Waals surface area contributed by atoms with Gasteiger partial charge in [0, 0.05) is 33.9 Å². The normalized spacial score (nSPS) is 22.4. The van der Waals surface area contributed by atoms with E-state index in [1.54, 1.807) is 30.4 Å². The Bertz CT molecular complexity index is 638. The summed E-state index contributed by atoms with van der Waals surface area (Å²) in [6.45, 7) is 1.27. The van der Waals surface area contributed by atoms with Gasteiger partial charge in [-0.3, -0.25) is 0 Å². The van der Waals surface area contributed by atoms with Gasteiger partial charge in [0.1, 0.15) is 6.10 Å². The molecule has 3 unspecified atom stereocenters. The predicted molar refractivity (Wildman–Crippen MR) is 97.6 cm³/mol. The summed E-state index contributed by atoms with van der Waals surface area (Å²) < 4.78 is 8.32. The Morgan fingerprint density at radius 2 is 2.26 bits per heavy atom. The Morgan fingerprint density at radius 3 is 2.91 bits per heavy atom. The van der Waals surface area contributed by atoms with E-state index < -0.39 is 0 Å². The van der Waals surface area contributed by atoms with Crippen LogP contribution in [0.3, 0.4) is 0 Å². The fourth-order valence-corrected chi connectivity index (χ4v) is 4.73. The molecule has 1 aliphatic heterocycles. The van der Waals surface area contributed by atoms with Gasteiger partial charge in [0.2, 0.25) is 0 Å². The molecule has 0 saturated carbocycles. The molecule has 0 spiro atoms. The minimum Gasteiger partial charge on any atom is -0.371 e. The highest BCUT2D eigenvalue weighted by atomic mass is 35.5. The third kappa shape index (κ3) is 4.58. The fourth-order valence-electron chi connectivity index (χ4n) is 2.59. The Balaban J connectivity index is 1.75. The Labute approximate surface area is 155 Å². The molecule has 1 fully saturated rings. The minimum atomic E-state index is -0.163. The molecule has 3 rings (SSSR count). The molecule has 23 heavy (non-hydrogen) atoms. The van der Waals surface area contributed by atoms with Crippen molar-refractivity contribution in [3.8, 4) is 0 Å². The molecule has 0 amide bonds. The largest absolute Gasteiger partial charge is 0.371 e. The van der Waals surface area contributed by atoms with Crippen LogP contribution in [0.1, 0.15) is 18.1 Å². The molecule has 0 N–H and O–H groups in total. The van der Waals surface area contributed by atoms with E-state index in [0.717, 1.165) is 17.7 Å². The smallest absolute Gasteiger partial charge is 0.102 e. The maximum atomic E-state index is 6.37. The summed E-state index contributed by atoms with van der Waals surface area (Å²) >= 11 is 20.5. The lowest BCUT2D eigenvalue weighted by Crippen LogP contribution is -2.19. The van der Waals surface area contributed by atoms with Gasteiger partial charge in [0.25, 0.3) is 0 Å². The van der Waals surface area contributed by atoms with Crippen LogP contribution in [-0.4, -0.2) is 26.6 Å². The van der Waals surface area contributed by atoms with Gasteiger partial charge in [-0.15, -0.1) is 23.4 Å². The standard InChI is InChI=1S/C16H17Cl3N2OS/c17-12-1-2-13(14(18)7-12)15(8-21-5-4-20-10-21)22-9-11-3-6-23-16(11)19/h1-2,4-5,7,10-11,15-16H,3,6,8-9H2. The third-order valence-corrected chi connectivity index (χ3v) is 6.36. The highest BCUT2D eigenvalue weighted by Gasteiger charge is 2.28. The van der Waals surface area contributed by atoms with Crippen molar-refractivity contribution in [2.75, 3.05) is 12.4 Å². The zero-order chi connectivity index (χ0) is 16.2. The fraction of sp³-hybridized carbons (Fsp3) is 0.438. The lowest BCUT2D eigenvalue weighted by Gasteiger charge is -2.23. The first kappa shape index (κ1) is 17.4. The van der Waals surface area contributed by atoms with E-state index in [9.17, 15) is 0 Å². The number of hydrogen-bond donors (Lipinski definition) is 0.